The zero-order valence-electron chi connectivity index (χ0n) is 10.7. The molecule has 92 valence electrons. The molecule has 5 heteroatoms. The molecule has 1 heterocycles. The van der Waals surface area contributed by atoms with Gasteiger partial charge in [0.1, 0.15) is 18.0 Å². The molecule has 1 aromatic heterocycles. The summed E-state index contributed by atoms with van der Waals surface area (Å²) in [4.78, 5) is 12.6. The van der Waals surface area contributed by atoms with E-state index in [0.29, 0.717) is 13.0 Å². The lowest BCUT2D eigenvalue weighted by molar-refractivity contribution is 0.831. The van der Waals surface area contributed by atoms with Crippen LogP contribution in [-0.2, 0) is 0 Å². The second-order valence-corrected chi connectivity index (χ2v) is 3.74. The zero-order valence-corrected chi connectivity index (χ0v) is 10.7. The van der Waals surface area contributed by atoms with E-state index in [1.165, 1.54) is 0 Å². The molecule has 0 saturated carbocycles. The highest BCUT2D eigenvalue weighted by Crippen LogP contribution is 2.16. The van der Waals surface area contributed by atoms with Gasteiger partial charge in [0.25, 0.3) is 0 Å². The minimum absolute atomic E-state index is 0.501. The van der Waals surface area contributed by atoms with E-state index in [1.807, 2.05) is 18.0 Å². The van der Waals surface area contributed by atoms with Crippen molar-refractivity contribution in [3.63, 3.8) is 0 Å². The van der Waals surface area contributed by atoms with E-state index in [2.05, 4.69) is 34.8 Å². The van der Waals surface area contributed by atoms with Crippen molar-refractivity contribution in [3.05, 3.63) is 12.4 Å². The Bertz CT molecular complexity index is 381. The molecule has 0 atom stereocenters. The summed E-state index contributed by atoms with van der Waals surface area (Å²) in [7, 11) is 1.94. The molecular weight excluding hydrogens is 214 g/mol. The zero-order chi connectivity index (χ0) is 12.7. The summed E-state index contributed by atoms with van der Waals surface area (Å²) in [6.07, 6.45) is 2.08. The van der Waals surface area contributed by atoms with Crippen molar-refractivity contribution in [1.82, 2.24) is 9.97 Å². The summed E-state index contributed by atoms with van der Waals surface area (Å²) in [5.41, 5.74) is 0. The number of rotatable bonds is 6. The highest BCUT2D eigenvalue weighted by Gasteiger charge is 2.07. The first-order valence-electron chi connectivity index (χ1n) is 5.88. The van der Waals surface area contributed by atoms with Gasteiger partial charge >= 0.3 is 0 Å². The first kappa shape index (κ1) is 13.2. The fraction of sp³-hybridized carbons (Fsp3) is 0.583. The molecule has 1 aromatic rings. The summed E-state index contributed by atoms with van der Waals surface area (Å²) in [6.45, 7) is 6.74. The maximum absolute atomic E-state index is 8.56. The lowest BCUT2D eigenvalue weighted by Crippen LogP contribution is -2.24. The molecule has 1 rings (SSSR count). The lowest BCUT2D eigenvalue weighted by Gasteiger charge is -2.22. The summed E-state index contributed by atoms with van der Waals surface area (Å²) in [5, 5.41) is 8.56. The van der Waals surface area contributed by atoms with Crippen molar-refractivity contribution in [2.45, 2.75) is 20.3 Å². The minimum atomic E-state index is 0.501. The molecule has 0 aliphatic carbocycles. The molecule has 0 aliphatic rings. The number of anilines is 2. The minimum Gasteiger partial charge on any atom is -0.358 e. The van der Waals surface area contributed by atoms with Gasteiger partial charge in [0.2, 0.25) is 0 Å². The number of hydrogen-bond donors (Lipinski definition) is 0. The maximum atomic E-state index is 8.56. The Morgan fingerprint density at radius 3 is 2.47 bits per heavy atom. The Balaban J connectivity index is 2.81. The van der Waals surface area contributed by atoms with Crippen LogP contribution in [0.4, 0.5) is 11.6 Å². The molecule has 0 bridgehead atoms. The van der Waals surface area contributed by atoms with E-state index in [-0.39, 0.29) is 0 Å². The van der Waals surface area contributed by atoms with E-state index in [9.17, 15) is 0 Å². The molecule has 0 unspecified atom stereocenters. The van der Waals surface area contributed by atoms with Crippen LogP contribution in [0.5, 0.6) is 0 Å². The molecule has 0 amide bonds. The third kappa shape index (κ3) is 3.59. The monoisotopic (exact) mass is 233 g/mol. The predicted octanol–water partition coefficient (Wildman–Crippen LogP) is 1.67. The van der Waals surface area contributed by atoms with Gasteiger partial charge in [-0.25, -0.2) is 9.97 Å². The van der Waals surface area contributed by atoms with Gasteiger partial charge in [0.15, 0.2) is 0 Å². The maximum Gasteiger partial charge on any atom is 0.134 e. The first-order valence-corrected chi connectivity index (χ1v) is 5.88. The van der Waals surface area contributed by atoms with Gasteiger partial charge in [-0.05, 0) is 13.8 Å². The summed E-state index contributed by atoms with van der Waals surface area (Å²) in [6, 6.07) is 4.10. The van der Waals surface area contributed by atoms with Crippen molar-refractivity contribution in [1.29, 1.82) is 5.26 Å². The Hall–Kier alpha value is -1.83. The average molecular weight is 233 g/mol. The van der Waals surface area contributed by atoms with Crippen LogP contribution in [0.2, 0.25) is 0 Å². The topological polar surface area (TPSA) is 56.0 Å². The molecule has 5 nitrogen and oxygen atoms in total. The van der Waals surface area contributed by atoms with E-state index in [0.717, 1.165) is 24.7 Å². The van der Waals surface area contributed by atoms with Crippen LogP contribution < -0.4 is 9.80 Å². The Kier molecular flexibility index (Phi) is 5.21. The van der Waals surface area contributed by atoms with Crippen LogP contribution in [0.15, 0.2) is 12.4 Å². The fourth-order valence-corrected chi connectivity index (χ4v) is 1.60. The Morgan fingerprint density at radius 1 is 1.24 bits per heavy atom. The van der Waals surface area contributed by atoms with Gasteiger partial charge in [-0.3, -0.25) is 0 Å². The molecule has 0 aromatic carbocycles. The molecular formula is C12H19N5. The number of hydrogen-bond acceptors (Lipinski definition) is 5. The van der Waals surface area contributed by atoms with Crippen LogP contribution in [0.3, 0.4) is 0 Å². The van der Waals surface area contributed by atoms with E-state index < -0.39 is 0 Å². The SMILES string of the molecule is CCN(CC)c1cc(N(C)CCC#N)ncn1. The summed E-state index contributed by atoms with van der Waals surface area (Å²) >= 11 is 0. The fourth-order valence-electron chi connectivity index (χ4n) is 1.60. The first-order chi connectivity index (χ1) is 8.22. The van der Waals surface area contributed by atoms with Crippen LogP contribution >= 0.6 is 0 Å². The van der Waals surface area contributed by atoms with Crippen molar-refractivity contribution >= 4 is 11.6 Å². The van der Waals surface area contributed by atoms with Crippen LogP contribution in [0, 0.1) is 11.3 Å². The third-order valence-corrected chi connectivity index (χ3v) is 2.68. The van der Waals surface area contributed by atoms with Gasteiger partial charge in [-0.2, -0.15) is 5.26 Å². The number of nitrogens with zero attached hydrogens (tertiary/aromatic N) is 5. The van der Waals surface area contributed by atoms with Crippen molar-refractivity contribution in [2.75, 3.05) is 36.5 Å². The van der Waals surface area contributed by atoms with Crippen molar-refractivity contribution < 1.29 is 0 Å². The Morgan fingerprint density at radius 2 is 1.88 bits per heavy atom. The van der Waals surface area contributed by atoms with Crippen molar-refractivity contribution in [2.24, 2.45) is 0 Å². The second-order valence-electron chi connectivity index (χ2n) is 3.74. The standard InChI is InChI=1S/C12H19N5/c1-4-17(5-2)12-9-11(14-10-15-12)16(3)8-6-7-13/h9-10H,4-6,8H2,1-3H3. The van der Waals surface area contributed by atoms with Crippen LogP contribution in [0.25, 0.3) is 0 Å². The number of aromatic nitrogens is 2. The number of nitriles is 1. The Labute approximate surface area is 103 Å². The summed E-state index contributed by atoms with van der Waals surface area (Å²) < 4.78 is 0. The molecule has 0 aliphatic heterocycles. The van der Waals surface area contributed by atoms with E-state index >= 15 is 0 Å². The van der Waals surface area contributed by atoms with E-state index in [4.69, 9.17) is 5.26 Å². The largest absolute Gasteiger partial charge is 0.358 e. The average Bonchev–Trinajstić information content (AvgIpc) is 2.38. The lowest BCUT2D eigenvalue weighted by atomic mass is 10.4. The van der Waals surface area contributed by atoms with E-state index in [1.54, 1.807) is 6.33 Å². The molecule has 0 fully saturated rings. The summed E-state index contributed by atoms with van der Waals surface area (Å²) in [5.74, 6) is 1.79. The van der Waals surface area contributed by atoms with Gasteiger partial charge in [-0.15, -0.1) is 0 Å². The van der Waals surface area contributed by atoms with Gasteiger partial charge in [0, 0.05) is 32.7 Å². The third-order valence-electron chi connectivity index (χ3n) is 2.68. The van der Waals surface area contributed by atoms with Gasteiger partial charge < -0.3 is 9.80 Å². The van der Waals surface area contributed by atoms with Crippen molar-refractivity contribution in [3.8, 4) is 6.07 Å². The quantitative estimate of drug-likeness (QED) is 0.748. The van der Waals surface area contributed by atoms with Crippen LogP contribution in [0.1, 0.15) is 20.3 Å². The van der Waals surface area contributed by atoms with Gasteiger partial charge in [-0.1, -0.05) is 0 Å². The van der Waals surface area contributed by atoms with Gasteiger partial charge in [0.05, 0.1) is 12.5 Å². The second kappa shape index (κ2) is 6.69. The normalized spacial score (nSPS) is 9.76. The predicted molar refractivity (Wildman–Crippen MR) is 69.1 cm³/mol. The molecule has 0 N–H and O–H groups in total. The molecule has 0 radical (unpaired) electrons. The van der Waals surface area contributed by atoms with Crippen LogP contribution in [-0.4, -0.2) is 36.6 Å². The highest BCUT2D eigenvalue weighted by molar-refractivity contribution is 5.49. The highest BCUT2D eigenvalue weighted by atomic mass is 15.2. The molecule has 17 heavy (non-hydrogen) atoms. The molecule has 0 saturated heterocycles. The molecule has 0 spiro atoms. The smallest absolute Gasteiger partial charge is 0.134 e.